The molecule has 0 aliphatic carbocycles. The number of esters is 1. The van der Waals surface area contributed by atoms with Crippen molar-refractivity contribution in [1.82, 2.24) is 0 Å². The van der Waals surface area contributed by atoms with E-state index in [4.69, 9.17) is 25.5 Å². The topological polar surface area (TPSA) is 263 Å². The molecule has 0 bridgehead atoms. The molecule has 0 unspecified atom stereocenters. The summed E-state index contributed by atoms with van der Waals surface area (Å²) in [6.45, 7) is -1.22. The number of carboxylic acid groups (broad SMARTS) is 2. The Bertz CT molecular complexity index is 494. The van der Waals surface area contributed by atoms with E-state index < -0.39 is 73.3 Å². The molecule has 26 heavy (non-hydrogen) atoms. The number of aliphatic hydroxyl groups is 8. The van der Waals surface area contributed by atoms with Crippen LogP contribution in [0.15, 0.2) is 0 Å². The fourth-order valence-electron chi connectivity index (χ4n) is 1.65. The maximum Gasteiger partial charge on any atom is 0.338 e. The zero-order chi connectivity index (χ0) is 20.8. The highest BCUT2D eigenvalue weighted by molar-refractivity contribution is 5.76. The molecule has 0 amide bonds. The van der Waals surface area contributed by atoms with Crippen LogP contribution < -0.4 is 0 Å². The summed E-state index contributed by atoms with van der Waals surface area (Å²) in [4.78, 5) is 32.6. The molecule has 10 N–H and O–H groups in total. The molecule has 0 spiro atoms. The first kappa shape index (κ1) is 24.1. The summed E-state index contributed by atoms with van der Waals surface area (Å²) < 4.78 is 4.33. The zero-order valence-electron chi connectivity index (χ0n) is 12.9. The van der Waals surface area contributed by atoms with E-state index in [0.29, 0.717) is 0 Å². The summed E-state index contributed by atoms with van der Waals surface area (Å²) in [6.07, 6.45) is -19.6. The number of carbonyl (C=O) groups excluding carboxylic acids is 1. The van der Waals surface area contributed by atoms with E-state index >= 15 is 0 Å². The molecule has 0 rings (SSSR count). The van der Waals surface area contributed by atoms with Crippen molar-refractivity contribution in [3.63, 3.8) is 0 Å². The lowest BCUT2D eigenvalue weighted by molar-refractivity contribution is -0.192. The summed E-state index contributed by atoms with van der Waals surface area (Å²) in [5, 5.41) is 91.4. The van der Waals surface area contributed by atoms with Gasteiger partial charge in [0.25, 0.3) is 0 Å². The van der Waals surface area contributed by atoms with Gasteiger partial charge in [-0.05, 0) is 0 Å². The van der Waals surface area contributed by atoms with Crippen LogP contribution in [0.25, 0.3) is 0 Å². The Kier molecular flexibility index (Phi) is 9.53. The SMILES string of the molecule is O=C(O)[C@@H](O)[C@@H](O)[C@H](O)[C@@H](O)C(=O)O[C@H](CO)[C@@H](O)[C@H](O)[C@@H](O)C(=O)O. The van der Waals surface area contributed by atoms with Gasteiger partial charge in [-0.3, -0.25) is 0 Å². The Morgan fingerprint density at radius 1 is 0.654 bits per heavy atom. The van der Waals surface area contributed by atoms with Crippen molar-refractivity contribution in [1.29, 1.82) is 0 Å². The van der Waals surface area contributed by atoms with Crippen molar-refractivity contribution in [2.75, 3.05) is 6.61 Å². The maximum atomic E-state index is 11.6. The van der Waals surface area contributed by atoms with Gasteiger partial charge < -0.3 is 55.8 Å². The second kappa shape index (κ2) is 10.3. The summed E-state index contributed by atoms with van der Waals surface area (Å²) in [6, 6.07) is 0. The van der Waals surface area contributed by atoms with Gasteiger partial charge in [-0.2, -0.15) is 0 Å². The number of aliphatic carboxylic acids is 2. The average Bonchev–Trinajstić information content (AvgIpc) is 2.60. The Balaban J connectivity index is 5.03. The first-order valence-electron chi connectivity index (χ1n) is 6.90. The molecule has 0 fully saturated rings. The lowest BCUT2D eigenvalue weighted by Gasteiger charge is -2.29. The first-order chi connectivity index (χ1) is 11.9. The van der Waals surface area contributed by atoms with Crippen LogP contribution in [0.1, 0.15) is 0 Å². The van der Waals surface area contributed by atoms with Crippen LogP contribution in [-0.4, -0.2) is 124 Å². The molecule has 14 nitrogen and oxygen atoms in total. The molecule has 0 saturated heterocycles. The minimum atomic E-state index is -2.65. The van der Waals surface area contributed by atoms with E-state index in [2.05, 4.69) is 4.74 Å². The molecular weight excluding hydrogens is 368 g/mol. The number of hydrogen-bond acceptors (Lipinski definition) is 12. The van der Waals surface area contributed by atoms with Crippen LogP contribution in [0.3, 0.4) is 0 Å². The zero-order valence-corrected chi connectivity index (χ0v) is 12.9. The second-order valence-electron chi connectivity index (χ2n) is 5.13. The van der Waals surface area contributed by atoms with Crippen molar-refractivity contribution in [2.24, 2.45) is 0 Å². The summed E-state index contributed by atoms with van der Waals surface area (Å²) >= 11 is 0. The van der Waals surface area contributed by atoms with Gasteiger partial charge in [0, 0.05) is 0 Å². The van der Waals surface area contributed by atoms with Gasteiger partial charge in [-0.15, -0.1) is 0 Å². The van der Waals surface area contributed by atoms with Gasteiger partial charge in [0.1, 0.15) is 24.4 Å². The highest BCUT2D eigenvalue weighted by Crippen LogP contribution is 2.12. The Hall–Kier alpha value is -1.91. The van der Waals surface area contributed by atoms with E-state index in [0.717, 1.165) is 0 Å². The molecule has 0 saturated carbocycles. The molecule has 14 heteroatoms. The fraction of sp³-hybridized carbons (Fsp3) is 0.750. The lowest BCUT2D eigenvalue weighted by atomic mass is 10.0. The number of carboxylic acids is 2. The van der Waals surface area contributed by atoms with Crippen LogP contribution in [0.4, 0.5) is 0 Å². The van der Waals surface area contributed by atoms with Crippen LogP contribution in [0.2, 0.25) is 0 Å². The molecule has 0 radical (unpaired) electrons. The van der Waals surface area contributed by atoms with Gasteiger partial charge in [0.15, 0.2) is 24.4 Å². The molecule has 0 aromatic carbocycles. The fourth-order valence-corrected chi connectivity index (χ4v) is 1.65. The third kappa shape index (κ3) is 6.11. The van der Waals surface area contributed by atoms with Crippen molar-refractivity contribution < 1.29 is 70.2 Å². The number of ether oxygens (including phenoxy) is 1. The van der Waals surface area contributed by atoms with Crippen molar-refractivity contribution in [3.05, 3.63) is 0 Å². The number of rotatable bonds is 11. The van der Waals surface area contributed by atoms with Gasteiger partial charge >= 0.3 is 17.9 Å². The minimum absolute atomic E-state index is 1.22. The van der Waals surface area contributed by atoms with E-state index in [1.54, 1.807) is 0 Å². The van der Waals surface area contributed by atoms with Crippen molar-refractivity contribution in [2.45, 2.75) is 48.8 Å². The molecule has 8 atom stereocenters. The standard InChI is InChI=1S/C12H20O14/c13-1-2(3(14)4(15)7(18)10(21)22)26-12(25)9(20)6(17)5(16)8(19)11(23)24/h2-9,13-20H,1H2,(H,21,22)(H,23,24)/t2-,3-,4+,5+,6+,7-,8+,9-/m1/s1. The van der Waals surface area contributed by atoms with E-state index in [1.807, 2.05) is 0 Å². The number of aliphatic hydroxyl groups excluding tert-OH is 8. The van der Waals surface area contributed by atoms with Gasteiger partial charge in [0.2, 0.25) is 0 Å². The predicted octanol–water partition coefficient (Wildman–Crippen LogP) is -6.41. The molecule has 0 aliphatic heterocycles. The molecule has 152 valence electrons. The third-order valence-electron chi connectivity index (χ3n) is 3.25. The number of carbonyl (C=O) groups is 3. The van der Waals surface area contributed by atoms with Crippen LogP contribution in [0.5, 0.6) is 0 Å². The highest BCUT2D eigenvalue weighted by atomic mass is 16.6. The minimum Gasteiger partial charge on any atom is -0.479 e. The lowest BCUT2D eigenvalue weighted by Crippen LogP contribution is -2.53. The second-order valence-corrected chi connectivity index (χ2v) is 5.13. The maximum absolute atomic E-state index is 11.6. The largest absolute Gasteiger partial charge is 0.479 e. The van der Waals surface area contributed by atoms with Crippen LogP contribution in [0, 0.1) is 0 Å². The van der Waals surface area contributed by atoms with Crippen molar-refractivity contribution >= 4 is 17.9 Å². The van der Waals surface area contributed by atoms with Crippen LogP contribution >= 0.6 is 0 Å². The first-order valence-corrected chi connectivity index (χ1v) is 6.90. The Labute approximate surface area is 144 Å². The van der Waals surface area contributed by atoms with Gasteiger partial charge in [-0.25, -0.2) is 14.4 Å². The predicted molar refractivity (Wildman–Crippen MR) is 74.3 cm³/mol. The van der Waals surface area contributed by atoms with Gasteiger partial charge in [-0.1, -0.05) is 0 Å². The normalized spacial score (nSPS) is 20.8. The summed E-state index contributed by atoms with van der Waals surface area (Å²) in [5.41, 5.74) is 0. The quantitative estimate of drug-likeness (QED) is 0.148. The van der Waals surface area contributed by atoms with E-state index in [1.165, 1.54) is 0 Å². The van der Waals surface area contributed by atoms with E-state index in [9.17, 15) is 39.9 Å². The molecule has 0 aromatic heterocycles. The Morgan fingerprint density at radius 3 is 1.35 bits per heavy atom. The number of hydrogen-bond donors (Lipinski definition) is 10. The molecule has 0 heterocycles. The molecule has 0 aliphatic rings. The van der Waals surface area contributed by atoms with E-state index in [-0.39, 0.29) is 0 Å². The highest BCUT2D eigenvalue weighted by Gasteiger charge is 2.41. The third-order valence-corrected chi connectivity index (χ3v) is 3.25. The Morgan fingerprint density at radius 2 is 1.00 bits per heavy atom. The monoisotopic (exact) mass is 388 g/mol. The molecular formula is C12H20O14. The van der Waals surface area contributed by atoms with Gasteiger partial charge in [0.05, 0.1) is 6.61 Å². The summed E-state index contributed by atoms with van der Waals surface area (Å²) in [5.74, 6) is -5.75. The smallest absolute Gasteiger partial charge is 0.338 e. The van der Waals surface area contributed by atoms with Crippen LogP contribution in [-0.2, 0) is 19.1 Å². The van der Waals surface area contributed by atoms with Crippen molar-refractivity contribution in [3.8, 4) is 0 Å². The molecule has 0 aromatic rings. The average molecular weight is 388 g/mol. The summed E-state index contributed by atoms with van der Waals surface area (Å²) in [7, 11) is 0.